The van der Waals surface area contributed by atoms with Crippen molar-refractivity contribution in [3.8, 4) is 0 Å². The quantitative estimate of drug-likeness (QED) is 0.884. The van der Waals surface area contributed by atoms with Crippen LogP contribution in [0.5, 0.6) is 0 Å². The third kappa shape index (κ3) is 2.55. The summed E-state index contributed by atoms with van der Waals surface area (Å²) in [4.78, 5) is 14.6. The van der Waals surface area contributed by atoms with Gasteiger partial charge in [-0.1, -0.05) is 6.07 Å². The minimum absolute atomic E-state index is 0.0672. The molecule has 0 aliphatic rings. The van der Waals surface area contributed by atoms with E-state index in [4.69, 9.17) is 9.52 Å². The first-order valence-electron chi connectivity index (χ1n) is 4.81. The van der Waals surface area contributed by atoms with Crippen LogP contribution < -0.4 is 0 Å². The summed E-state index contributed by atoms with van der Waals surface area (Å²) >= 11 is 1.28. The molecule has 0 radical (unpaired) electrons. The van der Waals surface area contributed by atoms with Crippen LogP contribution in [0.3, 0.4) is 0 Å². The van der Waals surface area contributed by atoms with Gasteiger partial charge in [0.25, 0.3) is 0 Å². The van der Waals surface area contributed by atoms with Crippen molar-refractivity contribution in [1.82, 2.24) is 4.98 Å². The Hall–Kier alpha value is -1.49. The molecule has 84 valence electrons. The molecule has 16 heavy (non-hydrogen) atoms. The van der Waals surface area contributed by atoms with Gasteiger partial charge in [0.15, 0.2) is 5.58 Å². The summed E-state index contributed by atoms with van der Waals surface area (Å²) in [6.45, 7) is 1.99. The van der Waals surface area contributed by atoms with Gasteiger partial charge in [-0.25, -0.2) is 4.98 Å². The Morgan fingerprint density at radius 2 is 2.38 bits per heavy atom. The molecule has 0 spiro atoms. The molecule has 0 fully saturated rings. The molecule has 0 saturated heterocycles. The number of aryl methyl sites for hydroxylation is 1. The molecular weight excluding hydrogens is 226 g/mol. The number of carboxylic acids is 1. The fraction of sp³-hybridized carbons (Fsp3) is 0.273. The second-order valence-electron chi connectivity index (χ2n) is 3.47. The highest BCUT2D eigenvalue weighted by molar-refractivity contribution is 7.99. The number of oxazole rings is 1. The SMILES string of the molecule is Cc1ccc2oc(CSCC(=O)O)nc2c1. The minimum Gasteiger partial charge on any atom is -0.481 e. The normalized spacial score (nSPS) is 10.8. The minimum atomic E-state index is -0.822. The molecule has 0 amide bonds. The lowest BCUT2D eigenvalue weighted by atomic mass is 10.2. The maximum absolute atomic E-state index is 10.3. The van der Waals surface area contributed by atoms with Crippen molar-refractivity contribution in [3.63, 3.8) is 0 Å². The molecule has 1 heterocycles. The van der Waals surface area contributed by atoms with Crippen LogP contribution in [0.1, 0.15) is 11.5 Å². The smallest absolute Gasteiger partial charge is 0.313 e. The van der Waals surface area contributed by atoms with Crippen molar-refractivity contribution >= 4 is 28.8 Å². The van der Waals surface area contributed by atoms with Crippen molar-refractivity contribution in [1.29, 1.82) is 0 Å². The van der Waals surface area contributed by atoms with E-state index in [9.17, 15) is 4.79 Å². The van der Waals surface area contributed by atoms with Gasteiger partial charge < -0.3 is 9.52 Å². The largest absolute Gasteiger partial charge is 0.481 e. The molecule has 5 heteroatoms. The molecule has 0 aliphatic heterocycles. The van der Waals surface area contributed by atoms with E-state index in [2.05, 4.69) is 4.98 Å². The monoisotopic (exact) mass is 237 g/mol. The Morgan fingerprint density at radius 3 is 3.12 bits per heavy atom. The number of rotatable bonds is 4. The number of carbonyl (C=O) groups is 1. The second kappa shape index (κ2) is 4.57. The van der Waals surface area contributed by atoms with Crippen LogP contribution >= 0.6 is 11.8 Å². The van der Waals surface area contributed by atoms with Gasteiger partial charge in [-0.2, -0.15) is 0 Å². The Morgan fingerprint density at radius 1 is 1.56 bits per heavy atom. The number of thioether (sulfide) groups is 1. The zero-order chi connectivity index (χ0) is 11.5. The molecule has 0 saturated carbocycles. The van der Waals surface area contributed by atoms with Gasteiger partial charge in [0.2, 0.25) is 5.89 Å². The molecular formula is C11H11NO3S. The van der Waals surface area contributed by atoms with Crippen LogP contribution in [-0.2, 0) is 10.5 Å². The number of benzene rings is 1. The zero-order valence-corrected chi connectivity index (χ0v) is 9.58. The van der Waals surface area contributed by atoms with Crippen LogP contribution in [0, 0.1) is 6.92 Å². The third-order valence-electron chi connectivity index (χ3n) is 2.04. The summed E-state index contributed by atoms with van der Waals surface area (Å²) in [6.07, 6.45) is 0. The van der Waals surface area contributed by atoms with Crippen molar-refractivity contribution in [2.75, 3.05) is 5.75 Å². The zero-order valence-electron chi connectivity index (χ0n) is 8.77. The van der Waals surface area contributed by atoms with Crippen molar-refractivity contribution in [2.24, 2.45) is 0 Å². The van der Waals surface area contributed by atoms with Crippen LogP contribution in [0.25, 0.3) is 11.1 Å². The van der Waals surface area contributed by atoms with E-state index in [1.165, 1.54) is 11.8 Å². The number of carboxylic acid groups (broad SMARTS) is 1. The van der Waals surface area contributed by atoms with E-state index < -0.39 is 5.97 Å². The predicted molar refractivity (Wildman–Crippen MR) is 62.5 cm³/mol. The fourth-order valence-electron chi connectivity index (χ4n) is 1.37. The number of aliphatic carboxylic acids is 1. The Balaban J connectivity index is 2.10. The summed E-state index contributed by atoms with van der Waals surface area (Å²) in [5.41, 5.74) is 2.70. The lowest BCUT2D eigenvalue weighted by Gasteiger charge is -1.91. The van der Waals surface area contributed by atoms with Crippen molar-refractivity contribution in [2.45, 2.75) is 12.7 Å². The van der Waals surface area contributed by atoms with E-state index in [0.29, 0.717) is 11.6 Å². The first-order chi connectivity index (χ1) is 7.65. The van der Waals surface area contributed by atoms with Gasteiger partial charge in [-0.15, -0.1) is 11.8 Å². The van der Waals surface area contributed by atoms with Crippen molar-refractivity contribution in [3.05, 3.63) is 29.7 Å². The maximum atomic E-state index is 10.3. The maximum Gasteiger partial charge on any atom is 0.313 e. The second-order valence-corrected chi connectivity index (χ2v) is 4.45. The highest BCUT2D eigenvalue weighted by Gasteiger charge is 2.06. The standard InChI is InChI=1S/C11H11NO3S/c1-7-2-3-9-8(4-7)12-10(15-9)5-16-6-11(13)14/h2-4H,5-6H2,1H3,(H,13,14). The molecule has 1 aromatic heterocycles. The number of hydrogen-bond donors (Lipinski definition) is 1. The average Bonchev–Trinajstić information content (AvgIpc) is 2.58. The fourth-order valence-corrected chi connectivity index (χ4v) is 1.95. The van der Waals surface area contributed by atoms with Gasteiger partial charge in [-0.3, -0.25) is 4.79 Å². The third-order valence-corrected chi connectivity index (χ3v) is 2.94. The molecule has 2 aromatic rings. The van der Waals surface area contributed by atoms with E-state index >= 15 is 0 Å². The highest BCUT2D eigenvalue weighted by Crippen LogP contribution is 2.19. The van der Waals surface area contributed by atoms with E-state index in [-0.39, 0.29) is 5.75 Å². The van der Waals surface area contributed by atoms with E-state index in [0.717, 1.165) is 16.7 Å². The predicted octanol–water partition coefficient (Wildman–Crippen LogP) is 2.45. The number of aromatic nitrogens is 1. The number of fused-ring (bicyclic) bond motifs is 1. The van der Waals surface area contributed by atoms with Gasteiger partial charge in [0, 0.05) is 0 Å². The first-order valence-corrected chi connectivity index (χ1v) is 5.96. The highest BCUT2D eigenvalue weighted by atomic mass is 32.2. The lowest BCUT2D eigenvalue weighted by molar-refractivity contribution is -0.133. The average molecular weight is 237 g/mol. The Bertz CT molecular complexity index is 521. The topological polar surface area (TPSA) is 63.3 Å². The molecule has 0 aliphatic carbocycles. The molecule has 1 aromatic carbocycles. The Kier molecular flexibility index (Phi) is 3.14. The number of hydrogen-bond acceptors (Lipinski definition) is 4. The number of nitrogens with zero attached hydrogens (tertiary/aromatic N) is 1. The first kappa shape index (κ1) is 11.0. The van der Waals surface area contributed by atoms with Crippen LogP contribution in [0.2, 0.25) is 0 Å². The van der Waals surface area contributed by atoms with Crippen LogP contribution in [0.4, 0.5) is 0 Å². The summed E-state index contributed by atoms with van der Waals surface area (Å²) in [6, 6.07) is 5.79. The molecule has 0 unspecified atom stereocenters. The van der Waals surface area contributed by atoms with Gasteiger partial charge in [-0.05, 0) is 24.6 Å². The van der Waals surface area contributed by atoms with Crippen molar-refractivity contribution < 1.29 is 14.3 Å². The summed E-state index contributed by atoms with van der Waals surface area (Å²) in [5, 5.41) is 8.50. The van der Waals surface area contributed by atoms with Gasteiger partial charge in [0.05, 0.1) is 11.5 Å². The molecule has 0 bridgehead atoms. The lowest BCUT2D eigenvalue weighted by Crippen LogP contribution is -1.98. The van der Waals surface area contributed by atoms with Gasteiger partial charge >= 0.3 is 5.97 Å². The van der Waals surface area contributed by atoms with Crippen LogP contribution in [0.15, 0.2) is 22.6 Å². The van der Waals surface area contributed by atoms with E-state index in [1.807, 2.05) is 25.1 Å². The Labute approximate surface area is 96.7 Å². The molecule has 0 atom stereocenters. The molecule has 1 N–H and O–H groups in total. The summed E-state index contributed by atoms with van der Waals surface area (Å²) in [5.74, 6) is 0.307. The summed E-state index contributed by atoms with van der Waals surface area (Å²) in [7, 11) is 0. The molecule has 4 nitrogen and oxygen atoms in total. The molecule has 2 rings (SSSR count). The van der Waals surface area contributed by atoms with Crippen LogP contribution in [-0.4, -0.2) is 21.8 Å². The summed E-state index contributed by atoms with van der Waals surface area (Å²) < 4.78 is 5.48. The van der Waals surface area contributed by atoms with Gasteiger partial charge in [0.1, 0.15) is 5.52 Å². The van der Waals surface area contributed by atoms with E-state index in [1.54, 1.807) is 0 Å².